The number of carbonyl (C=O) groups is 1. The van der Waals surface area contributed by atoms with E-state index in [9.17, 15) is 4.79 Å². The number of pyridine rings is 1. The average molecular weight is 485 g/mol. The second-order valence-corrected chi connectivity index (χ2v) is 9.29. The maximum Gasteiger partial charge on any atom is 0.298 e. The topological polar surface area (TPSA) is 84.8 Å². The second-order valence-electron chi connectivity index (χ2n) is 9.29. The van der Waals surface area contributed by atoms with E-state index < -0.39 is 0 Å². The predicted octanol–water partition coefficient (Wildman–Crippen LogP) is 3.13. The molecule has 3 aromatic rings. The van der Waals surface area contributed by atoms with Crippen LogP contribution >= 0.6 is 0 Å². The fourth-order valence-electron chi connectivity index (χ4n) is 4.99. The zero-order chi connectivity index (χ0) is 24.6. The first-order valence-electron chi connectivity index (χ1n) is 12.2. The fraction of sp³-hybridized carbons (Fsp3) is 0.370. The maximum absolute atomic E-state index is 11.9. The Labute approximate surface area is 210 Å². The van der Waals surface area contributed by atoms with E-state index in [0.717, 1.165) is 71.5 Å². The van der Waals surface area contributed by atoms with E-state index >= 15 is 0 Å². The van der Waals surface area contributed by atoms with Crippen LogP contribution in [0.2, 0.25) is 0 Å². The smallest absolute Gasteiger partial charge is 0.298 e. The molecule has 0 saturated carbocycles. The van der Waals surface area contributed by atoms with Crippen molar-refractivity contribution in [2.24, 2.45) is 0 Å². The Morgan fingerprint density at radius 1 is 1.19 bits per heavy atom. The lowest BCUT2D eigenvalue weighted by Crippen LogP contribution is -2.50. The number of hydrogen-bond acceptors (Lipinski definition) is 7. The zero-order valence-corrected chi connectivity index (χ0v) is 20.5. The van der Waals surface area contributed by atoms with Crippen molar-refractivity contribution in [1.82, 2.24) is 19.7 Å². The molecule has 9 heteroatoms. The molecule has 3 aliphatic heterocycles. The lowest BCUT2D eigenvalue weighted by atomic mass is 10.0. The summed E-state index contributed by atoms with van der Waals surface area (Å²) in [6.07, 6.45) is 5.76. The Hall–Kier alpha value is -4.03. The Bertz CT molecular complexity index is 1380. The number of anilines is 3. The first-order valence-corrected chi connectivity index (χ1v) is 12.2. The number of aromatic nitrogens is 3. The number of likely N-dealkylation sites (tertiary alicyclic amines) is 1. The van der Waals surface area contributed by atoms with Crippen molar-refractivity contribution in [3.05, 3.63) is 47.9 Å². The SMILES string of the molecule is CC#CC(=O)N1CC(n2cc(-c3cc(C)c4c(c3)Nc3nccc(N5CCOCC5)c3CO4)cn2)C1. The minimum absolute atomic E-state index is 0.126. The molecule has 0 unspecified atom stereocenters. The molecule has 3 aliphatic rings. The van der Waals surface area contributed by atoms with E-state index in [-0.39, 0.29) is 11.9 Å². The maximum atomic E-state index is 11.9. The lowest BCUT2D eigenvalue weighted by Gasteiger charge is -2.37. The van der Waals surface area contributed by atoms with Crippen molar-refractivity contribution in [3.63, 3.8) is 0 Å². The van der Waals surface area contributed by atoms with Crippen LogP contribution in [0.1, 0.15) is 24.1 Å². The van der Waals surface area contributed by atoms with Gasteiger partial charge in [-0.2, -0.15) is 5.10 Å². The van der Waals surface area contributed by atoms with Gasteiger partial charge in [0.15, 0.2) is 0 Å². The van der Waals surface area contributed by atoms with Crippen molar-refractivity contribution in [1.29, 1.82) is 0 Å². The number of nitrogens with one attached hydrogen (secondary N) is 1. The Balaban J connectivity index is 1.25. The average Bonchev–Trinajstić information content (AvgIpc) is 3.25. The van der Waals surface area contributed by atoms with Crippen LogP contribution in [0.4, 0.5) is 17.2 Å². The van der Waals surface area contributed by atoms with Gasteiger partial charge in [-0.15, -0.1) is 0 Å². The van der Waals surface area contributed by atoms with Gasteiger partial charge in [0.2, 0.25) is 0 Å². The molecule has 2 aromatic heterocycles. The van der Waals surface area contributed by atoms with Gasteiger partial charge < -0.3 is 24.6 Å². The van der Waals surface area contributed by atoms with E-state index in [1.807, 2.05) is 23.3 Å². The summed E-state index contributed by atoms with van der Waals surface area (Å²) in [7, 11) is 0. The van der Waals surface area contributed by atoms with Crippen molar-refractivity contribution < 1.29 is 14.3 Å². The molecule has 1 amide bonds. The Morgan fingerprint density at radius 2 is 2.03 bits per heavy atom. The number of amides is 1. The Morgan fingerprint density at radius 3 is 2.83 bits per heavy atom. The first kappa shape index (κ1) is 22.4. The number of nitrogens with zero attached hydrogens (tertiary/aromatic N) is 5. The summed E-state index contributed by atoms with van der Waals surface area (Å²) in [5.74, 6) is 6.79. The minimum Gasteiger partial charge on any atom is -0.486 e. The van der Waals surface area contributed by atoms with Gasteiger partial charge in [0.25, 0.3) is 5.91 Å². The number of morpholine rings is 1. The summed E-state index contributed by atoms with van der Waals surface area (Å²) in [6, 6.07) is 6.44. The van der Waals surface area contributed by atoms with Crippen LogP contribution in [-0.2, 0) is 16.1 Å². The molecule has 0 spiro atoms. The molecule has 9 nitrogen and oxygen atoms in total. The standard InChI is InChI=1S/C27H28N6O3/c1-3-4-25(34)32-15-21(16-32)33-14-20(13-29-33)19-11-18(2)26-23(12-19)30-27-22(17-36-26)24(5-6-28-27)31-7-9-35-10-8-31/h5-6,11-14,21H,7-10,15-17H2,1-2H3,(H,28,30). The molecule has 0 radical (unpaired) electrons. The van der Waals surface area contributed by atoms with Crippen LogP contribution in [-0.4, -0.2) is 65.0 Å². The quantitative estimate of drug-likeness (QED) is 0.572. The number of aryl methyl sites for hydroxylation is 1. The van der Waals surface area contributed by atoms with Crippen LogP contribution in [0.5, 0.6) is 5.75 Å². The van der Waals surface area contributed by atoms with Crippen LogP contribution in [0.25, 0.3) is 11.1 Å². The van der Waals surface area contributed by atoms with Crippen molar-refractivity contribution >= 4 is 23.1 Å². The number of rotatable bonds is 3. The van der Waals surface area contributed by atoms with Crippen LogP contribution in [0, 0.1) is 18.8 Å². The van der Waals surface area contributed by atoms with Gasteiger partial charge in [-0.05, 0) is 49.1 Å². The largest absolute Gasteiger partial charge is 0.486 e. The second kappa shape index (κ2) is 9.21. The van der Waals surface area contributed by atoms with Gasteiger partial charge in [-0.3, -0.25) is 9.48 Å². The highest BCUT2D eigenvalue weighted by Gasteiger charge is 2.32. The molecule has 1 N–H and O–H groups in total. The molecule has 0 aliphatic carbocycles. The van der Waals surface area contributed by atoms with E-state index in [2.05, 4.69) is 57.3 Å². The van der Waals surface area contributed by atoms with Crippen LogP contribution in [0.15, 0.2) is 36.8 Å². The summed E-state index contributed by atoms with van der Waals surface area (Å²) in [4.78, 5) is 20.6. The van der Waals surface area contributed by atoms with E-state index in [4.69, 9.17) is 9.47 Å². The lowest BCUT2D eigenvalue weighted by molar-refractivity contribution is -0.130. The number of fused-ring (bicyclic) bond motifs is 2. The van der Waals surface area contributed by atoms with Gasteiger partial charge in [0.05, 0.1) is 36.7 Å². The third-order valence-corrected chi connectivity index (χ3v) is 6.96. The third kappa shape index (κ3) is 4.03. The molecule has 5 heterocycles. The predicted molar refractivity (Wildman–Crippen MR) is 136 cm³/mol. The van der Waals surface area contributed by atoms with Gasteiger partial charge in [-0.25, -0.2) is 4.98 Å². The third-order valence-electron chi connectivity index (χ3n) is 6.96. The molecule has 2 fully saturated rings. The highest BCUT2D eigenvalue weighted by Crippen LogP contribution is 2.41. The van der Waals surface area contributed by atoms with Crippen LogP contribution in [0.3, 0.4) is 0 Å². The first-order chi connectivity index (χ1) is 17.6. The highest BCUT2D eigenvalue weighted by atomic mass is 16.5. The molecule has 0 bridgehead atoms. The summed E-state index contributed by atoms with van der Waals surface area (Å²) >= 11 is 0. The Kier molecular flexibility index (Phi) is 5.74. The van der Waals surface area contributed by atoms with Crippen LogP contribution < -0.4 is 15.0 Å². The molecule has 1 aromatic carbocycles. The number of benzene rings is 1. The summed E-state index contributed by atoms with van der Waals surface area (Å²) in [5.41, 5.74) is 6.19. The van der Waals surface area contributed by atoms with E-state index in [1.54, 1.807) is 11.8 Å². The molecule has 0 atom stereocenters. The molecule has 6 rings (SSSR count). The fourth-order valence-corrected chi connectivity index (χ4v) is 4.99. The monoisotopic (exact) mass is 484 g/mol. The molecule has 2 saturated heterocycles. The number of hydrogen-bond donors (Lipinski definition) is 1. The van der Waals surface area contributed by atoms with Gasteiger partial charge in [0.1, 0.15) is 18.2 Å². The molecular formula is C27H28N6O3. The van der Waals surface area contributed by atoms with Gasteiger partial charge in [0, 0.05) is 49.8 Å². The summed E-state index contributed by atoms with van der Waals surface area (Å²) in [6.45, 7) is 8.61. The van der Waals surface area contributed by atoms with Gasteiger partial charge in [-0.1, -0.05) is 5.92 Å². The summed E-state index contributed by atoms with van der Waals surface area (Å²) in [5, 5.41) is 8.11. The zero-order valence-electron chi connectivity index (χ0n) is 20.5. The van der Waals surface area contributed by atoms with Gasteiger partial charge >= 0.3 is 0 Å². The molecule has 184 valence electrons. The molecular weight excluding hydrogens is 456 g/mol. The van der Waals surface area contributed by atoms with Crippen molar-refractivity contribution in [2.75, 3.05) is 49.6 Å². The minimum atomic E-state index is -0.126. The summed E-state index contributed by atoms with van der Waals surface area (Å²) < 4.78 is 13.8. The number of carbonyl (C=O) groups excluding carboxylic acids is 1. The molecule has 36 heavy (non-hydrogen) atoms. The van der Waals surface area contributed by atoms with Crippen molar-refractivity contribution in [2.45, 2.75) is 26.5 Å². The number of ether oxygens (including phenoxy) is 2. The van der Waals surface area contributed by atoms with Crippen molar-refractivity contribution in [3.8, 4) is 28.7 Å². The van der Waals surface area contributed by atoms with E-state index in [0.29, 0.717) is 19.7 Å². The highest BCUT2D eigenvalue weighted by molar-refractivity contribution is 5.94. The normalized spacial score (nSPS) is 16.9. The van der Waals surface area contributed by atoms with E-state index in [1.165, 1.54) is 0 Å².